The molecule has 0 aromatic heterocycles. The van der Waals surface area contributed by atoms with Gasteiger partial charge in [-0.3, -0.25) is 0 Å². The van der Waals surface area contributed by atoms with Gasteiger partial charge in [-0.25, -0.2) is 4.79 Å². The number of hydrogen-bond donors (Lipinski definition) is 0. The van der Waals surface area contributed by atoms with Crippen LogP contribution in [-0.2, 0) is 19.1 Å². The van der Waals surface area contributed by atoms with Crippen molar-refractivity contribution in [3.05, 3.63) is 41.5 Å². The largest absolute Gasteiger partial charge is 0.465 e. The molecule has 2 aliphatic heterocycles. The van der Waals surface area contributed by atoms with Crippen molar-refractivity contribution in [1.29, 1.82) is 0 Å². The van der Waals surface area contributed by atoms with Crippen molar-refractivity contribution in [3.8, 4) is 0 Å². The van der Waals surface area contributed by atoms with Gasteiger partial charge in [0, 0.05) is 5.56 Å². The molecule has 0 N–H and O–H groups in total. The lowest BCUT2D eigenvalue weighted by Gasteiger charge is -2.32. The van der Waals surface area contributed by atoms with E-state index in [0.29, 0.717) is 17.9 Å². The summed E-state index contributed by atoms with van der Waals surface area (Å²) in [5, 5.41) is 1.74. The maximum atomic E-state index is 12.3. The molecule has 0 aliphatic carbocycles. The Hall–Kier alpha value is -1.85. The third-order valence-corrected chi connectivity index (χ3v) is 3.94. The lowest BCUT2D eigenvalue weighted by Crippen LogP contribution is -2.48. The summed E-state index contributed by atoms with van der Waals surface area (Å²) in [7, 11) is 1.37. The summed E-state index contributed by atoms with van der Waals surface area (Å²) >= 11 is 0. The Kier molecular flexibility index (Phi) is 3.07. The molecule has 1 fully saturated rings. The quantitative estimate of drug-likeness (QED) is 0.782. The molecule has 1 unspecified atom stereocenters. The summed E-state index contributed by atoms with van der Waals surface area (Å²) in [6.45, 7) is 6.35. The summed E-state index contributed by atoms with van der Waals surface area (Å²) in [5.74, 6) is 0.0641. The molecule has 2 heterocycles. The number of methoxy groups -OCH3 is 1. The van der Waals surface area contributed by atoms with E-state index in [1.165, 1.54) is 7.11 Å². The van der Waals surface area contributed by atoms with Crippen LogP contribution in [0, 0.1) is 0 Å². The Labute approximate surface area is 124 Å². The molecule has 0 amide bonds. The molecule has 1 saturated heterocycles. The van der Waals surface area contributed by atoms with Crippen LogP contribution in [0.2, 0.25) is 0 Å². The van der Waals surface area contributed by atoms with Crippen molar-refractivity contribution in [2.24, 2.45) is 0 Å². The molecule has 3 rings (SSSR count). The van der Waals surface area contributed by atoms with Crippen LogP contribution in [-0.4, -0.2) is 36.0 Å². The number of hydrogen-bond acceptors (Lipinski definition) is 5. The first-order chi connectivity index (χ1) is 9.90. The number of carbonyl (C=O) groups is 1. The molecule has 112 valence electrons. The van der Waals surface area contributed by atoms with Crippen LogP contribution in [0.1, 0.15) is 26.3 Å². The zero-order valence-corrected chi connectivity index (χ0v) is 12.7. The minimum absolute atomic E-state index is 0.329. The van der Waals surface area contributed by atoms with Crippen molar-refractivity contribution in [3.63, 3.8) is 0 Å². The van der Waals surface area contributed by atoms with Crippen molar-refractivity contribution < 1.29 is 19.1 Å². The van der Waals surface area contributed by atoms with Gasteiger partial charge in [0.15, 0.2) is 11.5 Å². The Morgan fingerprint density at radius 3 is 2.52 bits per heavy atom. The lowest BCUT2D eigenvalue weighted by molar-refractivity contribution is -0.200. The molecular formula is C16H19NO4. The average molecular weight is 289 g/mol. The molecule has 21 heavy (non-hydrogen) atoms. The molecule has 1 aromatic rings. The first-order valence-electron chi connectivity index (χ1n) is 6.91. The molecule has 2 aliphatic rings. The van der Waals surface area contributed by atoms with E-state index in [-0.39, 0.29) is 5.54 Å². The number of ether oxygens (including phenoxy) is 2. The fourth-order valence-electron chi connectivity index (χ4n) is 2.91. The highest BCUT2D eigenvalue weighted by Crippen LogP contribution is 2.49. The normalized spacial score (nSPS) is 27.4. The minimum Gasteiger partial charge on any atom is -0.465 e. The van der Waals surface area contributed by atoms with Crippen LogP contribution in [0.5, 0.6) is 0 Å². The zero-order valence-electron chi connectivity index (χ0n) is 12.7. The monoisotopic (exact) mass is 289 g/mol. The van der Waals surface area contributed by atoms with Crippen molar-refractivity contribution in [2.45, 2.75) is 32.0 Å². The Balaban J connectivity index is 2.15. The SMILES string of the molecule is COC(=O)C1=C(c2ccccc2)ON2C(C)(C)COC12C. The van der Waals surface area contributed by atoms with Crippen LogP contribution in [0.4, 0.5) is 0 Å². The molecule has 1 atom stereocenters. The van der Waals surface area contributed by atoms with Crippen molar-refractivity contribution >= 4 is 11.7 Å². The minimum atomic E-state index is -0.929. The second-order valence-corrected chi connectivity index (χ2v) is 6.03. The summed E-state index contributed by atoms with van der Waals surface area (Å²) in [5.41, 5.74) is -0.0264. The van der Waals surface area contributed by atoms with Crippen LogP contribution in [0.15, 0.2) is 35.9 Å². The third-order valence-electron chi connectivity index (χ3n) is 3.94. The molecule has 0 radical (unpaired) electrons. The third kappa shape index (κ3) is 1.96. The zero-order chi connectivity index (χ0) is 15.3. The van der Waals surface area contributed by atoms with Gasteiger partial charge in [0.25, 0.3) is 0 Å². The van der Waals surface area contributed by atoms with E-state index in [0.717, 1.165) is 5.56 Å². The van der Waals surface area contributed by atoms with E-state index in [1.807, 2.05) is 51.1 Å². The number of nitrogens with zero attached hydrogens (tertiary/aromatic N) is 1. The van der Waals surface area contributed by atoms with Gasteiger partial charge in [0.2, 0.25) is 0 Å². The summed E-state index contributed by atoms with van der Waals surface area (Å²) in [4.78, 5) is 18.3. The van der Waals surface area contributed by atoms with E-state index >= 15 is 0 Å². The Morgan fingerprint density at radius 1 is 1.24 bits per heavy atom. The second-order valence-electron chi connectivity index (χ2n) is 6.03. The molecular weight excluding hydrogens is 270 g/mol. The van der Waals surface area contributed by atoms with E-state index in [4.69, 9.17) is 14.3 Å². The van der Waals surface area contributed by atoms with Gasteiger partial charge in [-0.2, -0.15) is 0 Å². The Morgan fingerprint density at radius 2 is 1.90 bits per heavy atom. The first kappa shape index (κ1) is 14.1. The molecule has 5 heteroatoms. The topological polar surface area (TPSA) is 48.0 Å². The number of benzene rings is 1. The van der Waals surface area contributed by atoms with E-state index in [1.54, 1.807) is 5.06 Å². The van der Waals surface area contributed by atoms with Gasteiger partial charge in [-0.1, -0.05) is 35.4 Å². The fraction of sp³-hybridized carbons (Fsp3) is 0.438. The number of esters is 1. The molecule has 1 aromatic carbocycles. The van der Waals surface area contributed by atoms with Gasteiger partial charge in [0.1, 0.15) is 5.57 Å². The highest BCUT2D eigenvalue weighted by molar-refractivity contribution is 5.99. The van der Waals surface area contributed by atoms with Crippen LogP contribution >= 0.6 is 0 Å². The smallest absolute Gasteiger partial charge is 0.342 e. The second kappa shape index (κ2) is 4.58. The maximum absolute atomic E-state index is 12.3. The van der Waals surface area contributed by atoms with E-state index in [2.05, 4.69) is 0 Å². The molecule has 5 nitrogen and oxygen atoms in total. The fourth-order valence-corrected chi connectivity index (χ4v) is 2.91. The average Bonchev–Trinajstić information content (AvgIpc) is 2.91. The summed E-state index contributed by atoms with van der Waals surface area (Å²) in [6.07, 6.45) is 0. The molecule has 0 spiro atoms. The highest BCUT2D eigenvalue weighted by atomic mass is 16.8. The predicted octanol–water partition coefficient (Wildman–Crippen LogP) is 2.34. The van der Waals surface area contributed by atoms with Gasteiger partial charge < -0.3 is 14.3 Å². The maximum Gasteiger partial charge on any atom is 0.342 e. The van der Waals surface area contributed by atoms with Crippen LogP contribution in [0.25, 0.3) is 5.76 Å². The summed E-state index contributed by atoms with van der Waals surface area (Å²) < 4.78 is 10.9. The number of rotatable bonds is 2. The predicted molar refractivity (Wildman–Crippen MR) is 76.7 cm³/mol. The van der Waals surface area contributed by atoms with Gasteiger partial charge in [-0.15, -0.1) is 0 Å². The van der Waals surface area contributed by atoms with Crippen molar-refractivity contribution in [1.82, 2.24) is 5.06 Å². The lowest BCUT2D eigenvalue weighted by atomic mass is 9.99. The van der Waals surface area contributed by atoms with Gasteiger partial charge >= 0.3 is 5.97 Å². The molecule has 0 bridgehead atoms. The van der Waals surface area contributed by atoms with Crippen LogP contribution in [0.3, 0.4) is 0 Å². The van der Waals surface area contributed by atoms with Crippen LogP contribution < -0.4 is 0 Å². The summed E-state index contributed by atoms with van der Waals surface area (Å²) in [6, 6.07) is 9.52. The number of carbonyl (C=O) groups excluding carboxylic acids is 1. The van der Waals surface area contributed by atoms with Crippen molar-refractivity contribution in [2.75, 3.05) is 13.7 Å². The van der Waals surface area contributed by atoms with E-state index in [9.17, 15) is 4.79 Å². The highest BCUT2D eigenvalue weighted by Gasteiger charge is 2.61. The number of fused-ring (bicyclic) bond motifs is 1. The Bertz CT molecular complexity index is 608. The molecule has 0 saturated carbocycles. The number of hydroxylamine groups is 2. The standard InChI is InChI=1S/C16H19NO4/c1-15(2)10-20-16(3)12(14(18)19-4)13(21-17(15)16)11-8-6-5-7-9-11/h5-9H,10H2,1-4H3. The first-order valence-corrected chi connectivity index (χ1v) is 6.91. The van der Waals surface area contributed by atoms with Gasteiger partial charge in [-0.05, 0) is 20.8 Å². The van der Waals surface area contributed by atoms with E-state index < -0.39 is 11.7 Å². The van der Waals surface area contributed by atoms with Gasteiger partial charge in [0.05, 0.1) is 19.3 Å².